The molecule has 30 heavy (non-hydrogen) atoms. The molecule has 2 aromatic carbocycles. The van der Waals surface area contributed by atoms with Crippen molar-refractivity contribution in [1.82, 2.24) is 15.0 Å². The van der Waals surface area contributed by atoms with Crippen LogP contribution in [0.1, 0.15) is 5.56 Å². The highest BCUT2D eigenvalue weighted by molar-refractivity contribution is 5.88. The van der Waals surface area contributed by atoms with E-state index < -0.39 is 0 Å². The lowest BCUT2D eigenvalue weighted by Gasteiger charge is -2.13. The number of fused-ring (bicyclic) bond motifs is 1. The molecule has 0 unspecified atom stereocenters. The van der Waals surface area contributed by atoms with Gasteiger partial charge in [0.15, 0.2) is 17.3 Å². The summed E-state index contributed by atoms with van der Waals surface area (Å²) in [6.07, 6.45) is 1.77. The smallest absolute Gasteiger partial charge is 0.161 e. The number of hydrogen-bond donors (Lipinski definition) is 2. The number of aromatic amines is 1. The molecule has 0 spiro atoms. The minimum absolute atomic E-state index is 0.660. The second kappa shape index (κ2) is 8.32. The van der Waals surface area contributed by atoms with Crippen LogP contribution in [0.5, 0.6) is 11.5 Å². The minimum Gasteiger partial charge on any atom is -0.493 e. The van der Waals surface area contributed by atoms with Crippen LogP contribution in [-0.2, 0) is 6.54 Å². The predicted octanol–water partition coefficient (Wildman–Crippen LogP) is 4.32. The van der Waals surface area contributed by atoms with Crippen molar-refractivity contribution in [3.63, 3.8) is 0 Å². The van der Waals surface area contributed by atoms with E-state index >= 15 is 0 Å². The molecule has 0 bridgehead atoms. The van der Waals surface area contributed by atoms with Gasteiger partial charge in [-0.2, -0.15) is 0 Å². The molecule has 7 nitrogen and oxygen atoms in total. The van der Waals surface area contributed by atoms with Crippen molar-refractivity contribution in [3.05, 3.63) is 60.3 Å². The van der Waals surface area contributed by atoms with E-state index in [4.69, 9.17) is 14.5 Å². The molecule has 4 rings (SSSR count). The van der Waals surface area contributed by atoms with E-state index in [0.717, 1.165) is 28.2 Å². The first-order valence-corrected chi connectivity index (χ1v) is 9.66. The Bertz CT molecular complexity index is 1150. The summed E-state index contributed by atoms with van der Waals surface area (Å²) in [6.45, 7) is 0.665. The van der Waals surface area contributed by atoms with Crippen molar-refractivity contribution in [3.8, 4) is 22.9 Å². The van der Waals surface area contributed by atoms with E-state index in [9.17, 15) is 0 Å². The fraction of sp³-hybridized carbons (Fsp3) is 0.217. The number of nitrogens with one attached hydrogen (secondary N) is 2. The number of nitrogens with zero attached hydrogens (tertiary/aromatic N) is 3. The van der Waals surface area contributed by atoms with E-state index in [2.05, 4.69) is 44.5 Å². The number of imidazole rings is 1. The number of H-pyrrole nitrogens is 1. The highest BCUT2D eigenvalue weighted by Gasteiger charge is 2.12. The highest BCUT2D eigenvalue weighted by Crippen LogP contribution is 2.32. The Morgan fingerprint density at radius 2 is 1.73 bits per heavy atom. The van der Waals surface area contributed by atoms with Crippen LogP contribution in [0.15, 0.2) is 54.7 Å². The van der Waals surface area contributed by atoms with E-state index in [0.29, 0.717) is 18.0 Å². The maximum atomic E-state index is 5.41. The zero-order valence-electron chi connectivity index (χ0n) is 17.6. The van der Waals surface area contributed by atoms with Crippen LogP contribution in [0.3, 0.4) is 0 Å². The molecule has 0 saturated carbocycles. The second-order valence-corrected chi connectivity index (χ2v) is 7.13. The third-order valence-electron chi connectivity index (χ3n) is 4.97. The topological polar surface area (TPSA) is 75.3 Å². The number of rotatable bonds is 7. The van der Waals surface area contributed by atoms with Crippen LogP contribution < -0.4 is 19.7 Å². The van der Waals surface area contributed by atoms with Gasteiger partial charge in [0.25, 0.3) is 0 Å². The van der Waals surface area contributed by atoms with Crippen molar-refractivity contribution in [1.29, 1.82) is 0 Å². The van der Waals surface area contributed by atoms with Crippen molar-refractivity contribution < 1.29 is 9.47 Å². The Morgan fingerprint density at radius 3 is 2.43 bits per heavy atom. The van der Waals surface area contributed by atoms with Gasteiger partial charge in [0.05, 0.1) is 19.7 Å². The Balaban J connectivity index is 1.59. The number of benzene rings is 2. The quantitative estimate of drug-likeness (QED) is 0.479. The third-order valence-corrected chi connectivity index (χ3v) is 4.97. The number of pyridine rings is 1. The Labute approximate surface area is 175 Å². The average Bonchev–Trinajstić information content (AvgIpc) is 3.22. The first-order valence-electron chi connectivity index (χ1n) is 9.66. The summed E-state index contributed by atoms with van der Waals surface area (Å²) >= 11 is 0. The number of hydrogen-bond acceptors (Lipinski definition) is 6. The highest BCUT2D eigenvalue weighted by atomic mass is 16.5. The van der Waals surface area contributed by atoms with Crippen LogP contribution in [0.25, 0.3) is 22.4 Å². The molecule has 0 fully saturated rings. The van der Waals surface area contributed by atoms with Crippen molar-refractivity contribution >= 4 is 22.5 Å². The SMILES string of the molecule is COc1ccc(-c2nc3c(NCc4ccc(N(C)C)cc4)nccc3[nH]2)cc1OC. The molecule has 0 aliphatic rings. The largest absolute Gasteiger partial charge is 0.493 e. The van der Waals surface area contributed by atoms with Gasteiger partial charge < -0.3 is 24.7 Å². The number of methoxy groups -OCH3 is 2. The molecule has 2 N–H and O–H groups in total. The van der Waals surface area contributed by atoms with Gasteiger partial charge in [0, 0.05) is 38.1 Å². The van der Waals surface area contributed by atoms with E-state index in [1.807, 2.05) is 38.4 Å². The van der Waals surface area contributed by atoms with Crippen molar-refractivity contribution in [2.75, 3.05) is 38.5 Å². The van der Waals surface area contributed by atoms with Crippen LogP contribution >= 0.6 is 0 Å². The Morgan fingerprint density at radius 1 is 0.967 bits per heavy atom. The second-order valence-electron chi connectivity index (χ2n) is 7.13. The van der Waals surface area contributed by atoms with Gasteiger partial charge in [0.2, 0.25) is 0 Å². The van der Waals surface area contributed by atoms with Crippen LogP contribution in [0, 0.1) is 0 Å². The van der Waals surface area contributed by atoms with Crippen LogP contribution in [-0.4, -0.2) is 43.3 Å². The summed E-state index contributed by atoms with van der Waals surface area (Å²) in [5.41, 5.74) is 4.97. The molecule has 0 aliphatic carbocycles. The lowest BCUT2D eigenvalue weighted by atomic mass is 10.2. The first-order chi connectivity index (χ1) is 14.6. The first kappa shape index (κ1) is 19.6. The van der Waals surface area contributed by atoms with E-state index in [1.165, 1.54) is 11.3 Å². The standard InChI is InChI=1S/C23H25N5O2/c1-28(2)17-8-5-15(6-9-17)14-25-23-21-18(11-12-24-23)26-22(27-21)16-7-10-19(29-3)20(13-16)30-4/h5-13H,14H2,1-4H3,(H,24,25)(H,26,27). The van der Waals surface area contributed by atoms with E-state index in [-0.39, 0.29) is 0 Å². The summed E-state index contributed by atoms with van der Waals surface area (Å²) in [7, 11) is 7.31. The molecule has 7 heteroatoms. The summed E-state index contributed by atoms with van der Waals surface area (Å²) in [5.74, 6) is 2.83. The normalized spacial score (nSPS) is 10.8. The predicted molar refractivity (Wildman–Crippen MR) is 121 cm³/mol. The molecule has 0 saturated heterocycles. The van der Waals surface area contributed by atoms with Gasteiger partial charge in [-0.1, -0.05) is 12.1 Å². The Kier molecular flexibility index (Phi) is 5.43. The minimum atomic E-state index is 0.660. The monoisotopic (exact) mass is 403 g/mol. The number of ether oxygens (including phenoxy) is 2. The molecule has 0 atom stereocenters. The molecule has 2 heterocycles. The summed E-state index contributed by atoms with van der Waals surface area (Å²) in [5, 5.41) is 3.41. The summed E-state index contributed by atoms with van der Waals surface area (Å²) < 4.78 is 10.7. The zero-order chi connectivity index (χ0) is 21.1. The summed E-state index contributed by atoms with van der Waals surface area (Å²) in [4.78, 5) is 14.7. The lowest BCUT2D eigenvalue weighted by Crippen LogP contribution is -2.08. The number of aromatic nitrogens is 3. The van der Waals surface area contributed by atoms with Gasteiger partial charge in [0.1, 0.15) is 11.3 Å². The fourth-order valence-electron chi connectivity index (χ4n) is 3.28. The maximum absolute atomic E-state index is 5.41. The van der Waals surface area contributed by atoms with Gasteiger partial charge in [-0.05, 0) is 42.0 Å². The van der Waals surface area contributed by atoms with E-state index in [1.54, 1.807) is 20.4 Å². The molecule has 0 aliphatic heterocycles. The van der Waals surface area contributed by atoms with Crippen LogP contribution in [0.4, 0.5) is 11.5 Å². The molecule has 2 aromatic heterocycles. The average molecular weight is 403 g/mol. The third kappa shape index (κ3) is 3.87. The van der Waals surface area contributed by atoms with Gasteiger partial charge in [-0.15, -0.1) is 0 Å². The maximum Gasteiger partial charge on any atom is 0.161 e. The van der Waals surface area contributed by atoms with Crippen molar-refractivity contribution in [2.24, 2.45) is 0 Å². The van der Waals surface area contributed by atoms with Gasteiger partial charge >= 0.3 is 0 Å². The molecular weight excluding hydrogens is 378 g/mol. The molecule has 0 amide bonds. The molecule has 4 aromatic rings. The van der Waals surface area contributed by atoms with Crippen molar-refractivity contribution in [2.45, 2.75) is 6.54 Å². The molecular formula is C23H25N5O2. The molecule has 154 valence electrons. The van der Waals surface area contributed by atoms with Gasteiger partial charge in [-0.3, -0.25) is 0 Å². The summed E-state index contributed by atoms with van der Waals surface area (Å²) in [6, 6.07) is 16.1. The zero-order valence-corrected chi connectivity index (χ0v) is 17.6. The van der Waals surface area contributed by atoms with Crippen LogP contribution in [0.2, 0.25) is 0 Å². The molecule has 0 radical (unpaired) electrons. The number of anilines is 2. The lowest BCUT2D eigenvalue weighted by molar-refractivity contribution is 0.355. The Hall–Kier alpha value is -3.74. The fourth-order valence-corrected chi connectivity index (χ4v) is 3.28. The van der Waals surface area contributed by atoms with Gasteiger partial charge in [-0.25, -0.2) is 9.97 Å².